The quantitative estimate of drug-likeness (QED) is 0.181. The highest BCUT2D eigenvalue weighted by Gasteiger charge is 2.11. The van der Waals surface area contributed by atoms with Crippen LogP contribution in [-0.2, 0) is 6.54 Å². The molecule has 2 aromatic heterocycles. The first-order valence-electron chi connectivity index (χ1n) is 8.62. The summed E-state index contributed by atoms with van der Waals surface area (Å²) in [5.41, 5.74) is 2.02. The molecule has 0 aliphatic carbocycles. The second-order valence-corrected chi connectivity index (χ2v) is 8.05. The number of fused-ring (bicyclic) bond motifs is 1. The number of para-hydroxylation sites is 1. The Morgan fingerprint density at radius 2 is 2.15 bits per heavy atom. The summed E-state index contributed by atoms with van der Waals surface area (Å²) in [5, 5.41) is 19.2. The molecule has 6 nitrogen and oxygen atoms in total. The molecule has 0 spiro atoms. The van der Waals surface area contributed by atoms with Gasteiger partial charge in [-0.2, -0.15) is 0 Å². The molecule has 0 unspecified atom stereocenters. The fraction of sp³-hybridized carbons (Fsp3) is 0.263. The summed E-state index contributed by atoms with van der Waals surface area (Å²) in [7, 11) is 0. The number of halogens is 1. The van der Waals surface area contributed by atoms with Gasteiger partial charge in [0.2, 0.25) is 0 Å². The molecule has 0 radical (unpaired) electrons. The number of pyridine rings is 1. The molecule has 3 rings (SSSR count). The summed E-state index contributed by atoms with van der Waals surface area (Å²) in [6.45, 7) is 4.42. The van der Waals surface area contributed by atoms with Crippen molar-refractivity contribution in [1.29, 1.82) is 0 Å². The third-order valence-corrected chi connectivity index (χ3v) is 6.75. The summed E-state index contributed by atoms with van der Waals surface area (Å²) in [4.78, 5) is 17.5. The van der Waals surface area contributed by atoms with E-state index in [1.54, 1.807) is 17.4 Å². The van der Waals surface area contributed by atoms with Gasteiger partial charge in [0.15, 0.2) is 5.43 Å². The minimum atomic E-state index is 0.0194. The lowest BCUT2D eigenvalue weighted by Gasteiger charge is -2.08. The van der Waals surface area contributed by atoms with E-state index in [4.69, 9.17) is 5.21 Å². The van der Waals surface area contributed by atoms with Gasteiger partial charge in [0.25, 0.3) is 0 Å². The van der Waals surface area contributed by atoms with Gasteiger partial charge < -0.3 is 20.8 Å². The summed E-state index contributed by atoms with van der Waals surface area (Å²) >= 11 is 5.13. The van der Waals surface area contributed by atoms with Crippen molar-refractivity contribution in [2.24, 2.45) is 5.16 Å². The molecule has 27 heavy (non-hydrogen) atoms. The maximum Gasteiger partial charge on any atom is 0.191 e. The van der Waals surface area contributed by atoms with E-state index < -0.39 is 0 Å². The highest BCUT2D eigenvalue weighted by Crippen LogP contribution is 2.31. The molecule has 0 saturated carbocycles. The molecule has 4 N–H and O–H groups in total. The molecular weight excluding hydrogens is 428 g/mol. The van der Waals surface area contributed by atoms with Crippen LogP contribution in [0.4, 0.5) is 5.82 Å². The van der Waals surface area contributed by atoms with Gasteiger partial charge in [-0.3, -0.25) is 4.79 Å². The minimum Gasteiger partial charge on any atom is -0.411 e. The van der Waals surface area contributed by atoms with Crippen LogP contribution < -0.4 is 16.1 Å². The van der Waals surface area contributed by atoms with E-state index >= 15 is 0 Å². The largest absolute Gasteiger partial charge is 0.411 e. The van der Waals surface area contributed by atoms with Crippen LogP contribution in [-0.4, -0.2) is 29.5 Å². The molecule has 142 valence electrons. The van der Waals surface area contributed by atoms with Crippen LogP contribution in [0.1, 0.15) is 21.7 Å². The number of anilines is 1. The summed E-state index contributed by atoms with van der Waals surface area (Å²) in [6, 6.07) is 9.11. The number of aromatic amines is 1. The Bertz CT molecular complexity index is 1010. The molecule has 1 aromatic carbocycles. The lowest BCUT2D eigenvalue weighted by Crippen LogP contribution is -2.18. The van der Waals surface area contributed by atoms with E-state index in [1.807, 2.05) is 31.2 Å². The number of hydrogen-bond donors (Lipinski definition) is 4. The van der Waals surface area contributed by atoms with E-state index in [2.05, 4.69) is 36.7 Å². The van der Waals surface area contributed by atoms with Gasteiger partial charge >= 0.3 is 0 Å². The highest BCUT2D eigenvalue weighted by molar-refractivity contribution is 9.10. The lowest BCUT2D eigenvalue weighted by molar-refractivity contribution is 0.322. The number of benzene rings is 1. The van der Waals surface area contributed by atoms with Gasteiger partial charge in [-0.25, -0.2) is 0 Å². The maximum absolute atomic E-state index is 12.1. The first-order chi connectivity index (χ1) is 13.1. The first-order valence-corrected chi connectivity index (χ1v) is 10.2. The fourth-order valence-electron chi connectivity index (χ4n) is 2.80. The topological polar surface area (TPSA) is 89.5 Å². The smallest absolute Gasteiger partial charge is 0.191 e. The molecule has 0 saturated heterocycles. The molecule has 3 aromatic rings. The molecule has 0 bridgehead atoms. The van der Waals surface area contributed by atoms with Crippen molar-refractivity contribution in [2.75, 3.05) is 18.4 Å². The van der Waals surface area contributed by atoms with E-state index in [9.17, 15) is 4.79 Å². The lowest BCUT2D eigenvalue weighted by atomic mass is 10.2. The average Bonchev–Trinajstić information content (AvgIpc) is 2.93. The third kappa shape index (κ3) is 4.77. The monoisotopic (exact) mass is 448 g/mol. The van der Waals surface area contributed by atoms with Crippen molar-refractivity contribution >= 4 is 50.2 Å². The molecule has 0 aliphatic heterocycles. The zero-order chi connectivity index (χ0) is 19.2. The van der Waals surface area contributed by atoms with Gasteiger partial charge in [0.05, 0.1) is 16.6 Å². The third-order valence-electron chi connectivity index (χ3n) is 4.24. The van der Waals surface area contributed by atoms with Gasteiger partial charge in [0.1, 0.15) is 5.82 Å². The van der Waals surface area contributed by atoms with Crippen LogP contribution in [0.2, 0.25) is 0 Å². The Balaban J connectivity index is 1.46. The molecule has 0 amide bonds. The number of rotatable bonds is 8. The van der Waals surface area contributed by atoms with Gasteiger partial charge in [-0.1, -0.05) is 17.3 Å². The number of oxime groups is 1. The number of hydrogen-bond acceptors (Lipinski definition) is 6. The number of aromatic nitrogens is 1. The van der Waals surface area contributed by atoms with Crippen molar-refractivity contribution in [3.8, 4) is 0 Å². The normalized spacial score (nSPS) is 11.5. The van der Waals surface area contributed by atoms with Gasteiger partial charge in [-0.15, -0.1) is 11.3 Å². The molecule has 0 atom stereocenters. The fourth-order valence-corrected chi connectivity index (χ4v) is 4.55. The zero-order valence-electron chi connectivity index (χ0n) is 14.9. The second-order valence-electron chi connectivity index (χ2n) is 6.12. The number of thiophene rings is 1. The average molecular weight is 449 g/mol. The predicted molar refractivity (Wildman–Crippen MR) is 116 cm³/mol. The molecular formula is C19H21BrN4O2S. The van der Waals surface area contributed by atoms with Crippen LogP contribution in [0, 0.1) is 6.92 Å². The van der Waals surface area contributed by atoms with Crippen LogP contribution >= 0.6 is 27.3 Å². The van der Waals surface area contributed by atoms with Crippen molar-refractivity contribution < 1.29 is 5.21 Å². The van der Waals surface area contributed by atoms with Crippen molar-refractivity contribution in [1.82, 2.24) is 10.3 Å². The second kappa shape index (κ2) is 9.16. The van der Waals surface area contributed by atoms with Crippen LogP contribution in [0.3, 0.4) is 0 Å². The van der Waals surface area contributed by atoms with Crippen molar-refractivity contribution in [2.45, 2.75) is 19.9 Å². The Hall–Kier alpha value is -2.16. The minimum absolute atomic E-state index is 0.0194. The van der Waals surface area contributed by atoms with E-state index in [0.29, 0.717) is 5.39 Å². The van der Waals surface area contributed by atoms with Crippen LogP contribution in [0.5, 0.6) is 0 Å². The molecule has 0 aliphatic rings. The van der Waals surface area contributed by atoms with Crippen LogP contribution in [0.15, 0.2) is 44.8 Å². The summed E-state index contributed by atoms with van der Waals surface area (Å²) < 4.78 is 0.976. The van der Waals surface area contributed by atoms with E-state index in [1.165, 1.54) is 11.1 Å². The standard InChI is InChI=1S/C19H21BrN4O2S/c1-12-16(27-17(11-23-26)19(12)20)10-21-7-4-8-22-18-9-15(25)13-5-2-3-6-14(13)24-18/h2-3,5-6,9,11,21,26H,4,7-8,10H2,1H3,(H2,22,24,25)/b23-11+. The number of H-pyrrole nitrogens is 1. The first kappa shape index (κ1) is 19.6. The van der Waals surface area contributed by atoms with Crippen LogP contribution in [0.25, 0.3) is 10.9 Å². The van der Waals surface area contributed by atoms with E-state index in [0.717, 1.165) is 52.3 Å². The Kier molecular flexibility index (Phi) is 6.65. The van der Waals surface area contributed by atoms with Gasteiger partial charge in [0, 0.05) is 33.9 Å². The molecule has 8 heteroatoms. The Labute approximate surface area is 169 Å². The van der Waals surface area contributed by atoms with Gasteiger partial charge in [-0.05, 0) is 53.5 Å². The molecule has 2 heterocycles. The van der Waals surface area contributed by atoms with E-state index in [-0.39, 0.29) is 5.43 Å². The van der Waals surface area contributed by atoms with Crippen molar-refractivity contribution in [3.05, 3.63) is 60.3 Å². The zero-order valence-corrected chi connectivity index (χ0v) is 17.3. The Morgan fingerprint density at radius 1 is 1.33 bits per heavy atom. The maximum atomic E-state index is 12.1. The molecule has 0 fully saturated rings. The Morgan fingerprint density at radius 3 is 2.96 bits per heavy atom. The summed E-state index contributed by atoms with van der Waals surface area (Å²) in [5.74, 6) is 0.740. The number of nitrogens with one attached hydrogen (secondary N) is 3. The highest BCUT2D eigenvalue weighted by atomic mass is 79.9. The SMILES string of the molecule is Cc1c(CNCCCNc2cc(=O)c3ccccc3[nH]2)sc(/C=N/O)c1Br. The summed E-state index contributed by atoms with van der Waals surface area (Å²) in [6.07, 6.45) is 2.37. The number of nitrogens with zero attached hydrogens (tertiary/aromatic N) is 1. The predicted octanol–water partition coefficient (Wildman–Crippen LogP) is 4.06. The van der Waals surface area contributed by atoms with Crippen molar-refractivity contribution in [3.63, 3.8) is 0 Å².